The van der Waals surface area contributed by atoms with Crippen molar-refractivity contribution in [3.8, 4) is 0 Å². The third kappa shape index (κ3) is 5.48. The van der Waals surface area contributed by atoms with Crippen molar-refractivity contribution in [1.82, 2.24) is 25.0 Å². The van der Waals surface area contributed by atoms with Crippen molar-refractivity contribution in [2.45, 2.75) is 91.5 Å². The summed E-state index contributed by atoms with van der Waals surface area (Å²) in [6, 6.07) is 0. The molecule has 3 rings (SSSR count). The molecule has 6 nitrogen and oxygen atoms in total. The van der Waals surface area contributed by atoms with E-state index in [1.54, 1.807) is 0 Å². The van der Waals surface area contributed by atoms with Gasteiger partial charge in [-0.05, 0) is 50.9 Å². The number of nitrogens with zero attached hydrogens (tertiary/aromatic N) is 5. The van der Waals surface area contributed by atoms with Gasteiger partial charge in [-0.3, -0.25) is 4.99 Å². The van der Waals surface area contributed by atoms with Gasteiger partial charge in [0.2, 0.25) is 0 Å². The van der Waals surface area contributed by atoms with Crippen LogP contribution in [0, 0.1) is 5.41 Å². The first-order valence-electron chi connectivity index (χ1n) is 11.6. The second-order valence-electron chi connectivity index (χ2n) is 8.92. The zero-order chi connectivity index (χ0) is 19.8. The molecule has 1 saturated heterocycles. The van der Waals surface area contributed by atoms with Crippen molar-refractivity contribution in [1.29, 1.82) is 0 Å². The standard InChI is InChI=1S/C22H40N6/c1-4-13-22(3)14-10-16-27(18-22)21(23-5-2)24-15-9-12-20-26-25-19-11-7-6-8-17-28(19)20/h4-18H2,1-3H3,(H,23,24). The molecular formula is C22H40N6. The van der Waals surface area contributed by atoms with Crippen molar-refractivity contribution in [3.63, 3.8) is 0 Å². The maximum atomic E-state index is 4.97. The topological polar surface area (TPSA) is 58.3 Å². The van der Waals surface area contributed by atoms with Gasteiger partial charge in [-0.2, -0.15) is 0 Å². The Labute approximate surface area is 171 Å². The molecule has 0 amide bonds. The van der Waals surface area contributed by atoms with Crippen LogP contribution in [-0.4, -0.2) is 51.8 Å². The molecular weight excluding hydrogens is 348 g/mol. The van der Waals surface area contributed by atoms with Crippen molar-refractivity contribution in [3.05, 3.63) is 11.6 Å². The summed E-state index contributed by atoms with van der Waals surface area (Å²) in [6.07, 6.45) is 12.1. The smallest absolute Gasteiger partial charge is 0.193 e. The summed E-state index contributed by atoms with van der Waals surface area (Å²) in [6.45, 7) is 12.0. The minimum absolute atomic E-state index is 0.433. The number of aromatic nitrogens is 3. The monoisotopic (exact) mass is 388 g/mol. The largest absolute Gasteiger partial charge is 0.357 e. The number of guanidine groups is 1. The number of nitrogens with one attached hydrogen (secondary N) is 1. The fourth-order valence-corrected chi connectivity index (χ4v) is 4.88. The minimum atomic E-state index is 0.433. The quantitative estimate of drug-likeness (QED) is 0.438. The molecule has 1 N–H and O–H groups in total. The number of hydrogen-bond acceptors (Lipinski definition) is 3. The van der Waals surface area contributed by atoms with Crippen molar-refractivity contribution >= 4 is 5.96 Å². The molecule has 1 aromatic rings. The van der Waals surface area contributed by atoms with Gasteiger partial charge in [-0.15, -0.1) is 10.2 Å². The number of piperidine rings is 1. The molecule has 1 unspecified atom stereocenters. The van der Waals surface area contributed by atoms with E-state index in [0.717, 1.165) is 63.8 Å². The zero-order valence-corrected chi connectivity index (χ0v) is 18.3. The molecule has 1 fully saturated rings. The van der Waals surface area contributed by atoms with Gasteiger partial charge in [-0.25, -0.2) is 0 Å². The van der Waals surface area contributed by atoms with E-state index in [0.29, 0.717) is 5.41 Å². The van der Waals surface area contributed by atoms with Crippen LogP contribution in [0.4, 0.5) is 0 Å². The van der Waals surface area contributed by atoms with Crippen LogP contribution in [0.2, 0.25) is 0 Å². The van der Waals surface area contributed by atoms with E-state index in [4.69, 9.17) is 4.99 Å². The van der Waals surface area contributed by atoms with Gasteiger partial charge in [0, 0.05) is 45.6 Å². The van der Waals surface area contributed by atoms with E-state index in [9.17, 15) is 0 Å². The van der Waals surface area contributed by atoms with Crippen LogP contribution >= 0.6 is 0 Å². The van der Waals surface area contributed by atoms with Crippen LogP contribution in [0.15, 0.2) is 4.99 Å². The maximum Gasteiger partial charge on any atom is 0.193 e. The lowest BCUT2D eigenvalue weighted by atomic mass is 9.78. The lowest BCUT2D eigenvalue weighted by Crippen LogP contribution is -2.49. The van der Waals surface area contributed by atoms with Crippen molar-refractivity contribution < 1.29 is 0 Å². The lowest BCUT2D eigenvalue weighted by Gasteiger charge is -2.42. The second-order valence-corrected chi connectivity index (χ2v) is 8.92. The van der Waals surface area contributed by atoms with E-state index >= 15 is 0 Å². The van der Waals surface area contributed by atoms with Crippen LogP contribution in [0.3, 0.4) is 0 Å². The predicted octanol–water partition coefficient (Wildman–Crippen LogP) is 3.80. The molecule has 0 aliphatic carbocycles. The van der Waals surface area contributed by atoms with E-state index in [1.807, 2.05) is 0 Å². The number of likely N-dealkylation sites (tertiary alicyclic amines) is 1. The van der Waals surface area contributed by atoms with Crippen LogP contribution in [0.1, 0.15) is 83.8 Å². The Morgan fingerprint density at radius 1 is 1.14 bits per heavy atom. The summed E-state index contributed by atoms with van der Waals surface area (Å²) < 4.78 is 2.36. The number of aliphatic imine (C=N–C) groups is 1. The Hall–Kier alpha value is -1.59. The summed E-state index contributed by atoms with van der Waals surface area (Å²) in [5, 5.41) is 12.4. The number of hydrogen-bond donors (Lipinski definition) is 1. The summed E-state index contributed by atoms with van der Waals surface area (Å²) in [5.41, 5.74) is 0.433. The molecule has 0 saturated carbocycles. The van der Waals surface area contributed by atoms with Crippen LogP contribution in [0.5, 0.6) is 0 Å². The van der Waals surface area contributed by atoms with E-state index in [2.05, 4.69) is 45.8 Å². The van der Waals surface area contributed by atoms with Crippen LogP contribution in [0.25, 0.3) is 0 Å². The highest BCUT2D eigenvalue weighted by molar-refractivity contribution is 5.80. The predicted molar refractivity (Wildman–Crippen MR) is 116 cm³/mol. The number of fused-ring (bicyclic) bond motifs is 1. The third-order valence-corrected chi connectivity index (χ3v) is 6.28. The van der Waals surface area contributed by atoms with Gasteiger partial charge < -0.3 is 14.8 Å². The van der Waals surface area contributed by atoms with E-state index < -0.39 is 0 Å². The first-order valence-corrected chi connectivity index (χ1v) is 11.6. The van der Waals surface area contributed by atoms with Gasteiger partial charge in [0.05, 0.1) is 0 Å². The molecule has 1 atom stereocenters. The molecule has 2 aliphatic rings. The highest BCUT2D eigenvalue weighted by Crippen LogP contribution is 2.33. The molecule has 158 valence electrons. The summed E-state index contributed by atoms with van der Waals surface area (Å²) in [4.78, 5) is 7.46. The molecule has 1 aromatic heterocycles. The summed E-state index contributed by atoms with van der Waals surface area (Å²) in [5.74, 6) is 3.45. The molecule has 28 heavy (non-hydrogen) atoms. The fraction of sp³-hybridized carbons (Fsp3) is 0.864. The Morgan fingerprint density at radius 2 is 2.04 bits per heavy atom. The van der Waals surface area contributed by atoms with Gasteiger partial charge in [0.1, 0.15) is 11.6 Å². The molecule has 0 aromatic carbocycles. The molecule has 0 radical (unpaired) electrons. The van der Waals surface area contributed by atoms with Gasteiger partial charge >= 0.3 is 0 Å². The van der Waals surface area contributed by atoms with Crippen molar-refractivity contribution in [2.75, 3.05) is 26.2 Å². The Bertz CT molecular complexity index is 633. The van der Waals surface area contributed by atoms with Crippen LogP contribution < -0.4 is 5.32 Å². The van der Waals surface area contributed by atoms with E-state index in [-0.39, 0.29) is 0 Å². The van der Waals surface area contributed by atoms with E-state index in [1.165, 1.54) is 50.8 Å². The first kappa shape index (κ1) is 21.1. The van der Waals surface area contributed by atoms with Gasteiger partial charge in [0.25, 0.3) is 0 Å². The fourth-order valence-electron chi connectivity index (χ4n) is 4.88. The first-order chi connectivity index (χ1) is 13.6. The maximum absolute atomic E-state index is 4.97. The Balaban J connectivity index is 1.55. The third-order valence-electron chi connectivity index (χ3n) is 6.28. The minimum Gasteiger partial charge on any atom is -0.357 e. The highest BCUT2D eigenvalue weighted by Gasteiger charge is 2.31. The molecule has 0 spiro atoms. The average molecular weight is 389 g/mol. The number of rotatable bonds is 7. The number of aryl methyl sites for hydroxylation is 2. The lowest BCUT2D eigenvalue weighted by molar-refractivity contribution is 0.142. The second kappa shape index (κ2) is 10.3. The molecule has 6 heteroatoms. The van der Waals surface area contributed by atoms with Crippen LogP contribution in [-0.2, 0) is 19.4 Å². The van der Waals surface area contributed by atoms with Crippen molar-refractivity contribution in [2.24, 2.45) is 10.4 Å². The average Bonchev–Trinajstić information content (AvgIpc) is 2.90. The Kier molecular flexibility index (Phi) is 7.74. The summed E-state index contributed by atoms with van der Waals surface area (Å²) >= 11 is 0. The normalized spacial score (nSPS) is 23.4. The SMILES string of the molecule is CCCC1(C)CCCN(C(=NCCCc2nnc3n2CCCCC3)NCC)C1. The Morgan fingerprint density at radius 3 is 2.86 bits per heavy atom. The highest BCUT2D eigenvalue weighted by atomic mass is 15.3. The molecule has 3 heterocycles. The van der Waals surface area contributed by atoms with Gasteiger partial charge in [-0.1, -0.05) is 26.7 Å². The summed E-state index contributed by atoms with van der Waals surface area (Å²) in [7, 11) is 0. The van der Waals surface area contributed by atoms with Gasteiger partial charge in [0.15, 0.2) is 5.96 Å². The molecule has 0 bridgehead atoms. The molecule has 2 aliphatic heterocycles. The zero-order valence-electron chi connectivity index (χ0n) is 18.3.